The van der Waals surface area contributed by atoms with Gasteiger partial charge in [0.1, 0.15) is 12.1 Å². The van der Waals surface area contributed by atoms with Gasteiger partial charge in [-0.15, -0.1) is 0 Å². The molecule has 0 aliphatic heterocycles. The van der Waals surface area contributed by atoms with Crippen LogP contribution in [0.4, 0.5) is 5.69 Å². The minimum Gasteiger partial charge on any atom is -0.506 e. The number of anilines is 1. The number of aromatic hydroxyl groups is 1. The lowest BCUT2D eigenvalue weighted by Gasteiger charge is -2.06. The molecule has 16 heavy (non-hydrogen) atoms. The summed E-state index contributed by atoms with van der Waals surface area (Å²) in [5.74, 6) is 0.0789. The molecule has 1 heterocycles. The van der Waals surface area contributed by atoms with Crippen molar-refractivity contribution in [3.05, 3.63) is 47.5 Å². The second-order valence-electron chi connectivity index (χ2n) is 3.27. The van der Waals surface area contributed by atoms with E-state index in [1.165, 1.54) is 6.33 Å². The fraction of sp³-hybridized carbons (Fsp3) is 0.0909. The molecule has 2 N–H and O–H groups in total. The summed E-state index contributed by atoms with van der Waals surface area (Å²) in [6.07, 6.45) is 4.96. The highest BCUT2D eigenvalue weighted by Gasteiger charge is 1.99. The Bertz CT molecular complexity index is 476. The van der Waals surface area contributed by atoms with Gasteiger partial charge < -0.3 is 10.4 Å². The van der Waals surface area contributed by atoms with Crippen LogP contribution < -0.4 is 5.32 Å². The molecule has 0 aliphatic rings. The predicted molar refractivity (Wildman–Crippen MR) is 62.5 cm³/mol. The van der Waals surface area contributed by atoms with Crippen molar-refractivity contribution in [1.82, 2.24) is 9.97 Å². The first-order valence-corrected chi connectivity index (χ1v) is 5.10. The third-order valence-electron chi connectivity index (χ3n) is 2.06. The Morgan fingerprint density at radius 3 is 2.69 bits per heavy atom. The predicted octanol–water partition coefficient (Wildman–Crippen LogP) is 2.45. The van der Waals surface area contributed by atoms with Gasteiger partial charge in [0.15, 0.2) is 0 Å². The summed E-state index contributed by atoms with van der Waals surface area (Å²) in [5.41, 5.74) is 1.82. The molecule has 2 aromatic rings. The van der Waals surface area contributed by atoms with Crippen LogP contribution in [0.3, 0.4) is 0 Å². The summed E-state index contributed by atoms with van der Waals surface area (Å²) >= 11 is 5.78. The van der Waals surface area contributed by atoms with Crippen molar-refractivity contribution in [3.63, 3.8) is 0 Å². The van der Waals surface area contributed by atoms with Gasteiger partial charge in [-0.05, 0) is 18.2 Å². The summed E-state index contributed by atoms with van der Waals surface area (Å²) in [5, 5.41) is 12.7. The fourth-order valence-electron chi connectivity index (χ4n) is 1.24. The van der Waals surface area contributed by atoms with Crippen LogP contribution in [0.5, 0.6) is 5.75 Å². The number of hydrogen-bond acceptors (Lipinski definition) is 4. The zero-order chi connectivity index (χ0) is 11.4. The third kappa shape index (κ3) is 2.61. The van der Waals surface area contributed by atoms with Crippen LogP contribution in [0.2, 0.25) is 5.02 Å². The molecule has 0 saturated carbocycles. The van der Waals surface area contributed by atoms with E-state index in [-0.39, 0.29) is 5.75 Å². The molecule has 1 aromatic heterocycles. The molecule has 5 heteroatoms. The zero-order valence-electron chi connectivity index (χ0n) is 8.39. The van der Waals surface area contributed by atoms with Gasteiger partial charge >= 0.3 is 0 Å². The van der Waals surface area contributed by atoms with Crippen molar-refractivity contribution in [2.24, 2.45) is 0 Å². The standard InChI is InChI=1S/C11H10ClN3O/c12-10-3-9(1-2-11(10)16)15-6-8-4-13-7-14-5-8/h1-5,7,15-16H,6H2. The maximum Gasteiger partial charge on any atom is 0.134 e. The molecular formula is C11H10ClN3O. The van der Waals surface area contributed by atoms with E-state index in [1.807, 2.05) is 0 Å². The minimum absolute atomic E-state index is 0.0789. The Labute approximate surface area is 97.9 Å². The number of aromatic nitrogens is 2. The normalized spacial score (nSPS) is 10.1. The summed E-state index contributed by atoms with van der Waals surface area (Å²) in [4.78, 5) is 7.82. The van der Waals surface area contributed by atoms with E-state index < -0.39 is 0 Å². The van der Waals surface area contributed by atoms with E-state index in [0.717, 1.165) is 11.3 Å². The minimum atomic E-state index is 0.0789. The molecule has 0 amide bonds. The topological polar surface area (TPSA) is 58.0 Å². The van der Waals surface area contributed by atoms with Gasteiger partial charge in [-0.25, -0.2) is 9.97 Å². The first-order valence-electron chi connectivity index (χ1n) is 4.72. The molecule has 4 nitrogen and oxygen atoms in total. The van der Waals surface area contributed by atoms with Crippen LogP contribution in [0.25, 0.3) is 0 Å². The molecule has 1 aromatic carbocycles. The quantitative estimate of drug-likeness (QED) is 0.803. The average molecular weight is 236 g/mol. The molecular weight excluding hydrogens is 226 g/mol. The van der Waals surface area contributed by atoms with Gasteiger partial charge in [0.25, 0.3) is 0 Å². The summed E-state index contributed by atoms with van der Waals surface area (Å²) in [7, 11) is 0. The molecule has 0 radical (unpaired) electrons. The SMILES string of the molecule is Oc1ccc(NCc2cncnc2)cc1Cl. The molecule has 0 saturated heterocycles. The van der Waals surface area contributed by atoms with Crippen molar-refractivity contribution in [3.8, 4) is 5.75 Å². The van der Waals surface area contributed by atoms with Gasteiger partial charge in [-0.2, -0.15) is 0 Å². The van der Waals surface area contributed by atoms with Gasteiger partial charge in [0.05, 0.1) is 5.02 Å². The molecule has 0 unspecified atom stereocenters. The summed E-state index contributed by atoms with van der Waals surface area (Å²) in [6, 6.07) is 4.97. The fourth-order valence-corrected chi connectivity index (χ4v) is 1.42. The highest BCUT2D eigenvalue weighted by Crippen LogP contribution is 2.26. The molecule has 0 atom stereocenters. The molecule has 2 rings (SSSR count). The number of nitrogens with zero attached hydrogens (tertiary/aromatic N) is 2. The summed E-state index contributed by atoms with van der Waals surface area (Å²) in [6.45, 7) is 0.613. The maximum atomic E-state index is 9.25. The van der Waals surface area contributed by atoms with Crippen molar-refractivity contribution >= 4 is 17.3 Å². The smallest absolute Gasteiger partial charge is 0.134 e. The Morgan fingerprint density at radius 1 is 1.25 bits per heavy atom. The van der Waals surface area contributed by atoms with Crippen LogP contribution in [0, 0.1) is 0 Å². The van der Waals surface area contributed by atoms with Crippen LogP contribution in [-0.4, -0.2) is 15.1 Å². The monoisotopic (exact) mass is 235 g/mol. The second kappa shape index (κ2) is 4.81. The van der Waals surface area contributed by atoms with Crippen molar-refractivity contribution in [2.75, 3.05) is 5.32 Å². The number of hydrogen-bond donors (Lipinski definition) is 2. The van der Waals surface area contributed by atoms with E-state index in [4.69, 9.17) is 11.6 Å². The maximum absolute atomic E-state index is 9.25. The van der Waals surface area contributed by atoms with E-state index in [9.17, 15) is 5.11 Å². The number of phenols is 1. The number of halogens is 1. The first-order chi connectivity index (χ1) is 7.75. The van der Waals surface area contributed by atoms with E-state index in [1.54, 1.807) is 30.6 Å². The van der Waals surface area contributed by atoms with E-state index in [0.29, 0.717) is 11.6 Å². The Kier molecular flexibility index (Phi) is 3.22. The largest absolute Gasteiger partial charge is 0.506 e. The molecule has 0 fully saturated rings. The van der Waals surface area contributed by atoms with E-state index >= 15 is 0 Å². The Hall–Kier alpha value is -1.81. The third-order valence-corrected chi connectivity index (χ3v) is 2.36. The van der Waals surface area contributed by atoms with Crippen molar-refractivity contribution in [2.45, 2.75) is 6.54 Å². The van der Waals surface area contributed by atoms with Crippen LogP contribution in [0.15, 0.2) is 36.9 Å². The lowest BCUT2D eigenvalue weighted by Crippen LogP contribution is -2.00. The van der Waals surface area contributed by atoms with Crippen LogP contribution in [-0.2, 0) is 6.54 Å². The number of phenolic OH excluding ortho intramolecular Hbond substituents is 1. The molecule has 82 valence electrons. The summed E-state index contributed by atoms with van der Waals surface area (Å²) < 4.78 is 0. The van der Waals surface area contributed by atoms with Gasteiger partial charge in [-0.1, -0.05) is 11.6 Å². The first kappa shape index (κ1) is 10.7. The number of nitrogens with one attached hydrogen (secondary N) is 1. The van der Waals surface area contributed by atoms with Crippen LogP contribution >= 0.6 is 11.6 Å². The van der Waals surface area contributed by atoms with Crippen molar-refractivity contribution < 1.29 is 5.11 Å². The highest BCUT2D eigenvalue weighted by molar-refractivity contribution is 6.32. The lowest BCUT2D eigenvalue weighted by atomic mass is 10.3. The van der Waals surface area contributed by atoms with Gasteiger partial charge in [0, 0.05) is 30.2 Å². The lowest BCUT2D eigenvalue weighted by molar-refractivity contribution is 0.475. The average Bonchev–Trinajstić information content (AvgIpc) is 2.32. The van der Waals surface area contributed by atoms with Crippen LogP contribution in [0.1, 0.15) is 5.56 Å². The number of benzene rings is 1. The Morgan fingerprint density at radius 2 is 2.00 bits per heavy atom. The highest BCUT2D eigenvalue weighted by atomic mass is 35.5. The van der Waals surface area contributed by atoms with E-state index in [2.05, 4.69) is 15.3 Å². The van der Waals surface area contributed by atoms with Crippen molar-refractivity contribution in [1.29, 1.82) is 0 Å². The Balaban J connectivity index is 2.03. The van der Waals surface area contributed by atoms with Gasteiger partial charge in [-0.3, -0.25) is 0 Å². The molecule has 0 spiro atoms. The zero-order valence-corrected chi connectivity index (χ0v) is 9.15. The molecule has 0 aliphatic carbocycles. The molecule has 0 bridgehead atoms. The van der Waals surface area contributed by atoms with Gasteiger partial charge in [0.2, 0.25) is 0 Å². The number of rotatable bonds is 3. The second-order valence-corrected chi connectivity index (χ2v) is 3.67.